The van der Waals surface area contributed by atoms with Crippen molar-refractivity contribution < 1.29 is 36.3 Å². The SMILES string of the molecule is Cc1c(C(=O)C(=O)NC2(c3cn[nH]n3)CC(F)(F)C2)c2n(c1C(=O)Nc1cc(F)c(F)c(F)c1)[C@@H]1C[C@@H]1C2. The van der Waals surface area contributed by atoms with Crippen molar-refractivity contribution in [2.75, 3.05) is 5.32 Å². The number of alkyl halides is 2. The first kappa shape index (κ1) is 24.2. The molecule has 198 valence electrons. The van der Waals surface area contributed by atoms with E-state index in [0.717, 1.165) is 6.42 Å². The zero-order chi connectivity index (χ0) is 27.1. The fourth-order valence-corrected chi connectivity index (χ4v) is 5.74. The van der Waals surface area contributed by atoms with Crippen molar-refractivity contribution in [2.45, 2.75) is 50.1 Å². The number of hydrogen-bond donors (Lipinski definition) is 3. The summed E-state index contributed by atoms with van der Waals surface area (Å²) in [5, 5.41) is 14.4. The van der Waals surface area contributed by atoms with Crippen LogP contribution in [0.2, 0.25) is 0 Å². The fraction of sp³-hybridized carbons (Fsp3) is 0.375. The van der Waals surface area contributed by atoms with Crippen molar-refractivity contribution in [3.8, 4) is 0 Å². The van der Waals surface area contributed by atoms with E-state index in [4.69, 9.17) is 0 Å². The van der Waals surface area contributed by atoms with Crippen molar-refractivity contribution in [3.05, 3.63) is 64.0 Å². The van der Waals surface area contributed by atoms with Gasteiger partial charge in [-0.15, -0.1) is 0 Å². The molecule has 3 N–H and O–H groups in total. The fourth-order valence-electron chi connectivity index (χ4n) is 5.74. The third-order valence-corrected chi connectivity index (χ3v) is 7.49. The van der Waals surface area contributed by atoms with Crippen molar-refractivity contribution in [3.63, 3.8) is 0 Å². The highest BCUT2D eigenvalue weighted by molar-refractivity contribution is 6.44. The maximum Gasteiger partial charge on any atom is 0.293 e. The lowest BCUT2D eigenvalue weighted by Gasteiger charge is -2.46. The largest absolute Gasteiger partial charge is 0.337 e. The maximum atomic E-state index is 13.8. The van der Waals surface area contributed by atoms with Crippen LogP contribution in [0.3, 0.4) is 0 Å². The maximum absolute atomic E-state index is 13.8. The Kier molecular flexibility index (Phi) is 5.07. The van der Waals surface area contributed by atoms with Gasteiger partial charge in [0.15, 0.2) is 17.5 Å². The number of carbonyl (C=O) groups excluding carboxylic acids is 3. The highest BCUT2D eigenvalue weighted by Crippen LogP contribution is 2.55. The second-order valence-corrected chi connectivity index (χ2v) is 10.1. The summed E-state index contributed by atoms with van der Waals surface area (Å²) in [6, 6.07) is 1.15. The first-order chi connectivity index (χ1) is 17.9. The summed E-state index contributed by atoms with van der Waals surface area (Å²) in [6.07, 6.45) is 0.825. The van der Waals surface area contributed by atoms with Gasteiger partial charge in [0.2, 0.25) is 0 Å². The predicted octanol–water partition coefficient (Wildman–Crippen LogP) is 3.32. The van der Waals surface area contributed by atoms with Crippen LogP contribution in [0.1, 0.15) is 63.1 Å². The average Bonchev–Trinajstić information content (AvgIpc) is 3.15. The molecule has 0 radical (unpaired) electrons. The summed E-state index contributed by atoms with van der Waals surface area (Å²) < 4.78 is 69.9. The van der Waals surface area contributed by atoms with Crippen molar-refractivity contribution in [2.24, 2.45) is 5.92 Å². The lowest BCUT2D eigenvalue weighted by atomic mass is 9.71. The van der Waals surface area contributed by atoms with Gasteiger partial charge in [-0.05, 0) is 31.2 Å². The van der Waals surface area contributed by atoms with Gasteiger partial charge in [0.25, 0.3) is 23.5 Å². The summed E-state index contributed by atoms with van der Waals surface area (Å²) in [5.74, 6) is -10.5. The van der Waals surface area contributed by atoms with Crippen LogP contribution in [-0.4, -0.2) is 43.5 Å². The normalized spacial score (nSPS) is 21.7. The molecule has 3 aromatic rings. The average molecular weight is 534 g/mol. The number of aromatic amines is 1. The van der Waals surface area contributed by atoms with Crippen molar-refractivity contribution in [1.82, 2.24) is 25.3 Å². The van der Waals surface area contributed by atoms with Crippen LogP contribution in [0.25, 0.3) is 0 Å². The van der Waals surface area contributed by atoms with Gasteiger partial charge in [-0.3, -0.25) is 14.4 Å². The van der Waals surface area contributed by atoms with Gasteiger partial charge in [-0.2, -0.15) is 15.4 Å². The van der Waals surface area contributed by atoms with Crippen molar-refractivity contribution in [1.29, 1.82) is 0 Å². The van der Waals surface area contributed by atoms with Gasteiger partial charge in [-0.1, -0.05) is 0 Å². The summed E-state index contributed by atoms with van der Waals surface area (Å²) in [4.78, 5) is 39.7. The molecule has 2 atom stereocenters. The second kappa shape index (κ2) is 7.95. The van der Waals surface area contributed by atoms with E-state index in [1.165, 1.54) is 13.1 Å². The van der Waals surface area contributed by atoms with Crippen LogP contribution < -0.4 is 10.6 Å². The number of carbonyl (C=O) groups is 3. The number of halogens is 5. The molecule has 1 aromatic carbocycles. The van der Waals surface area contributed by atoms with Gasteiger partial charge in [0.05, 0.1) is 17.3 Å². The molecule has 6 rings (SSSR count). The molecule has 0 unspecified atom stereocenters. The number of fused-ring (bicyclic) bond motifs is 3. The van der Waals surface area contributed by atoms with E-state index in [2.05, 4.69) is 26.0 Å². The quantitative estimate of drug-likeness (QED) is 0.194. The number of H-pyrrole nitrogens is 1. The molecule has 3 aliphatic rings. The number of aromatic nitrogens is 4. The standard InChI is InChI=1S/C24H19F5N6O3/c1-9-17(20(36)22(38)32-23(7-24(28,29)8-23)16-6-30-34-33-16)15-3-10-2-14(10)35(15)19(9)21(37)31-11-4-12(25)18(27)13(26)5-11/h4-6,10,14H,2-3,7-8H2,1H3,(H,31,37)(H,32,38)(H,30,33,34)/t10-,14-/m1/s1. The molecule has 3 heterocycles. The number of ketones is 1. The third-order valence-electron chi connectivity index (χ3n) is 7.49. The molecule has 2 aromatic heterocycles. The van der Waals surface area contributed by atoms with Crippen LogP contribution in [0.4, 0.5) is 27.6 Å². The predicted molar refractivity (Wildman–Crippen MR) is 119 cm³/mol. The second-order valence-electron chi connectivity index (χ2n) is 10.1. The first-order valence-corrected chi connectivity index (χ1v) is 11.7. The lowest BCUT2D eigenvalue weighted by Crippen LogP contribution is -2.61. The van der Waals surface area contributed by atoms with Gasteiger partial charge in [-0.25, -0.2) is 22.0 Å². The molecule has 38 heavy (non-hydrogen) atoms. The van der Waals surface area contributed by atoms with Crippen LogP contribution >= 0.6 is 0 Å². The first-order valence-electron chi connectivity index (χ1n) is 11.7. The molecule has 2 amide bonds. The Morgan fingerprint density at radius 2 is 1.82 bits per heavy atom. The molecule has 14 heteroatoms. The van der Waals surface area contributed by atoms with E-state index in [-0.39, 0.29) is 40.2 Å². The molecule has 0 saturated heterocycles. The number of Topliss-reactive ketones (excluding diaryl/α,β-unsaturated/α-hetero) is 1. The van der Waals surface area contributed by atoms with Gasteiger partial charge < -0.3 is 15.2 Å². The van der Waals surface area contributed by atoms with Gasteiger partial charge >= 0.3 is 0 Å². The number of nitrogens with one attached hydrogen (secondary N) is 3. The molecule has 2 saturated carbocycles. The summed E-state index contributed by atoms with van der Waals surface area (Å²) in [6.45, 7) is 1.45. The minimum Gasteiger partial charge on any atom is -0.337 e. The summed E-state index contributed by atoms with van der Waals surface area (Å²) in [7, 11) is 0. The molecule has 9 nitrogen and oxygen atoms in total. The number of benzene rings is 1. The molecule has 0 bridgehead atoms. The number of amides is 2. The Morgan fingerprint density at radius 1 is 1.13 bits per heavy atom. The van der Waals surface area contributed by atoms with E-state index in [1.54, 1.807) is 4.57 Å². The Hall–Kier alpha value is -4.10. The number of rotatable bonds is 6. The summed E-state index contributed by atoms with van der Waals surface area (Å²) in [5.41, 5.74) is -1.27. The molecule has 2 aliphatic carbocycles. The Bertz CT molecular complexity index is 1500. The zero-order valence-electron chi connectivity index (χ0n) is 19.7. The lowest BCUT2D eigenvalue weighted by molar-refractivity contribution is -0.148. The number of nitrogens with zero attached hydrogens (tertiary/aromatic N) is 3. The van der Waals surface area contributed by atoms with Crippen LogP contribution in [0, 0.1) is 30.3 Å². The van der Waals surface area contributed by atoms with Gasteiger partial charge in [0, 0.05) is 42.4 Å². The Labute approximate surface area is 210 Å². The Balaban J connectivity index is 1.32. The molecule has 2 fully saturated rings. The van der Waals surface area contributed by atoms with Gasteiger partial charge in [0.1, 0.15) is 11.4 Å². The topological polar surface area (TPSA) is 122 Å². The van der Waals surface area contributed by atoms with Crippen LogP contribution in [0.5, 0.6) is 0 Å². The smallest absolute Gasteiger partial charge is 0.293 e. The molecule has 1 aliphatic heterocycles. The number of anilines is 1. The molecule has 0 spiro atoms. The van der Waals surface area contributed by atoms with E-state index in [0.29, 0.717) is 24.2 Å². The third kappa shape index (κ3) is 3.61. The monoisotopic (exact) mass is 534 g/mol. The summed E-state index contributed by atoms with van der Waals surface area (Å²) >= 11 is 0. The van der Waals surface area contributed by atoms with E-state index in [9.17, 15) is 36.3 Å². The van der Waals surface area contributed by atoms with Crippen LogP contribution in [0.15, 0.2) is 18.3 Å². The minimum absolute atomic E-state index is 0.0210. The number of hydrogen-bond acceptors (Lipinski definition) is 5. The van der Waals surface area contributed by atoms with E-state index < -0.39 is 59.4 Å². The van der Waals surface area contributed by atoms with Crippen LogP contribution in [-0.2, 0) is 16.8 Å². The minimum atomic E-state index is -3.06. The highest BCUT2D eigenvalue weighted by atomic mass is 19.3. The highest BCUT2D eigenvalue weighted by Gasteiger charge is 2.60. The Morgan fingerprint density at radius 3 is 2.42 bits per heavy atom. The van der Waals surface area contributed by atoms with E-state index >= 15 is 0 Å². The molecular weight excluding hydrogens is 515 g/mol. The van der Waals surface area contributed by atoms with Crippen molar-refractivity contribution >= 4 is 23.3 Å². The van der Waals surface area contributed by atoms with E-state index in [1.807, 2.05) is 0 Å². The molecular formula is C24H19F5N6O3. The zero-order valence-corrected chi connectivity index (χ0v) is 19.7.